The maximum absolute atomic E-state index is 10.2. The smallest absolute Gasteiger partial charge is 0.166 e. The van der Waals surface area contributed by atoms with E-state index in [0.717, 1.165) is 5.56 Å². The molecule has 4 rings (SSSR count). The summed E-state index contributed by atoms with van der Waals surface area (Å²) in [6.45, 7) is 0.634. The Kier molecular flexibility index (Phi) is 4.80. The lowest BCUT2D eigenvalue weighted by Gasteiger charge is -2.17. The number of aromatic nitrogens is 4. The van der Waals surface area contributed by atoms with Crippen LogP contribution in [-0.2, 0) is 6.54 Å². The number of halogens is 1. The van der Waals surface area contributed by atoms with Crippen molar-refractivity contribution < 1.29 is 10.2 Å². The van der Waals surface area contributed by atoms with Crippen LogP contribution in [0.5, 0.6) is 0 Å². The lowest BCUT2D eigenvalue weighted by molar-refractivity contribution is 0.0313. The minimum Gasteiger partial charge on any atom is -0.389 e. The van der Waals surface area contributed by atoms with E-state index < -0.39 is 12.2 Å². The van der Waals surface area contributed by atoms with Gasteiger partial charge < -0.3 is 15.5 Å². The molecule has 130 valence electrons. The van der Waals surface area contributed by atoms with E-state index in [1.165, 1.54) is 21.7 Å². The molecule has 3 atom stereocenters. The van der Waals surface area contributed by atoms with Crippen molar-refractivity contribution in [2.75, 3.05) is 11.1 Å². The zero-order valence-corrected chi connectivity index (χ0v) is 16.1. The number of nitrogens with one attached hydrogen (secondary N) is 1. The molecule has 25 heavy (non-hydrogen) atoms. The third-order valence-electron chi connectivity index (χ3n) is 4.11. The number of fused-ring (bicyclic) bond motifs is 1. The minimum absolute atomic E-state index is 0.293. The number of rotatable bonds is 4. The SMILES string of the molecule is OC1[C@H](n2cnc3c(NCc4cccc(I)c4)ncnc32)SC[C@@H]1O. The van der Waals surface area contributed by atoms with Crippen LogP contribution in [-0.4, -0.2) is 47.7 Å². The van der Waals surface area contributed by atoms with Gasteiger partial charge in [0.15, 0.2) is 11.5 Å². The highest BCUT2D eigenvalue weighted by atomic mass is 127. The topological polar surface area (TPSA) is 96.1 Å². The maximum atomic E-state index is 10.2. The predicted molar refractivity (Wildman–Crippen MR) is 105 cm³/mol. The largest absolute Gasteiger partial charge is 0.389 e. The molecule has 1 unspecified atom stereocenters. The molecule has 1 aliphatic heterocycles. The maximum Gasteiger partial charge on any atom is 0.166 e. The fourth-order valence-electron chi connectivity index (χ4n) is 2.83. The molecule has 9 heteroatoms. The first-order valence-corrected chi connectivity index (χ1v) is 9.90. The van der Waals surface area contributed by atoms with E-state index in [4.69, 9.17) is 0 Å². The van der Waals surface area contributed by atoms with Gasteiger partial charge in [-0.3, -0.25) is 4.57 Å². The molecule has 0 radical (unpaired) electrons. The standard InChI is InChI=1S/C16H16IN5O2S/c17-10-3-1-2-9(4-10)5-18-14-12-15(20-7-19-14)22(8-21-12)16-13(24)11(23)6-25-16/h1-4,7-8,11,13,16,23-24H,5-6H2,(H,18,19,20)/t11-,13?,16+/m0/s1. The van der Waals surface area contributed by atoms with Crippen molar-refractivity contribution >= 4 is 51.3 Å². The number of hydrogen-bond donors (Lipinski definition) is 3. The van der Waals surface area contributed by atoms with E-state index in [-0.39, 0.29) is 5.37 Å². The van der Waals surface area contributed by atoms with Gasteiger partial charge in [0.05, 0.1) is 12.4 Å². The highest BCUT2D eigenvalue weighted by molar-refractivity contribution is 14.1. The Morgan fingerprint density at radius 2 is 2.16 bits per heavy atom. The molecule has 1 fully saturated rings. The van der Waals surface area contributed by atoms with Crippen molar-refractivity contribution in [2.45, 2.75) is 24.1 Å². The van der Waals surface area contributed by atoms with E-state index in [1.807, 2.05) is 12.1 Å². The fraction of sp³-hybridized carbons (Fsp3) is 0.312. The summed E-state index contributed by atoms with van der Waals surface area (Å²) < 4.78 is 2.99. The van der Waals surface area contributed by atoms with E-state index >= 15 is 0 Å². The van der Waals surface area contributed by atoms with Crippen LogP contribution >= 0.6 is 34.4 Å². The van der Waals surface area contributed by atoms with Crippen LogP contribution in [0.25, 0.3) is 11.2 Å². The van der Waals surface area contributed by atoms with Gasteiger partial charge in [-0.25, -0.2) is 15.0 Å². The molecule has 3 heterocycles. The zero-order chi connectivity index (χ0) is 17.4. The van der Waals surface area contributed by atoms with Crippen LogP contribution in [0, 0.1) is 3.57 Å². The third-order valence-corrected chi connectivity index (χ3v) is 6.16. The summed E-state index contributed by atoms with van der Waals surface area (Å²) in [5, 5.41) is 22.9. The summed E-state index contributed by atoms with van der Waals surface area (Å²) >= 11 is 3.78. The second-order valence-electron chi connectivity index (χ2n) is 5.81. The van der Waals surface area contributed by atoms with E-state index in [1.54, 1.807) is 10.9 Å². The third kappa shape index (κ3) is 3.33. The van der Waals surface area contributed by atoms with Gasteiger partial charge in [-0.15, -0.1) is 11.8 Å². The number of aliphatic hydroxyl groups excluding tert-OH is 2. The van der Waals surface area contributed by atoms with Gasteiger partial charge in [0, 0.05) is 15.9 Å². The number of anilines is 1. The summed E-state index contributed by atoms with van der Waals surface area (Å²) in [7, 11) is 0. The second kappa shape index (κ2) is 7.06. The first-order chi connectivity index (χ1) is 12.1. The molecule has 0 spiro atoms. The average molecular weight is 469 g/mol. The predicted octanol–water partition coefficient (Wildman–Crippen LogP) is 2.01. The van der Waals surface area contributed by atoms with Crippen molar-refractivity contribution in [3.63, 3.8) is 0 Å². The van der Waals surface area contributed by atoms with Gasteiger partial charge in [-0.05, 0) is 40.3 Å². The number of hydrogen-bond acceptors (Lipinski definition) is 7. The molecule has 0 aliphatic carbocycles. The van der Waals surface area contributed by atoms with Crippen molar-refractivity contribution in [1.29, 1.82) is 0 Å². The number of thioether (sulfide) groups is 1. The minimum atomic E-state index is -0.833. The Labute approximate surface area is 162 Å². The molecule has 3 N–H and O–H groups in total. The van der Waals surface area contributed by atoms with E-state index in [2.05, 4.69) is 55.0 Å². The number of aliphatic hydroxyl groups is 2. The van der Waals surface area contributed by atoms with Gasteiger partial charge in [-0.1, -0.05) is 12.1 Å². The van der Waals surface area contributed by atoms with Crippen molar-refractivity contribution in [3.8, 4) is 0 Å². The van der Waals surface area contributed by atoms with Crippen molar-refractivity contribution in [2.24, 2.45) is 0 Å². The summed E-state index contributed by atoms with van der Waals surface area (Å²) in [6, 6.07) is 8.23. The molecule has 0 bridgehead atoms. The summed E-state index contributed by atoms with van der Waals surface area (Å²) in [6.07, 6.45) is 1.57. The van der Waals surface area contributed by atoms with E-state index in [0.29, 0.717) is 29.3 Å². The Bertz CT molecular complexity index is 905. The summed E-state index contributed by atoms with van der Waals surface area (Å²) in [5.41, 5.74) is 2.45. The van der Waals surface area contributed by atoms with Crippen LogP contribution in [0.15, 0.2) is 36.9 Å². The molecule has 7 nitrogen and oxygen atoms in total. The molecule has 1 aliphatic rings. The molecule has 0 amide bonds. The molecular weight excluding hydrogens is 453 g/mol. The van der Waals surface area contributed by atoms with Gasteiger partial charge >= 0.3 is 0 Å². The van der Waals surface area contributed by atoms with Gasteiger partial charge in [0.2, 0.25) is 0 Å². The van der Waals surface area contributed by atoms with Crippen LogP contribution in [0.3, 0.4) is 0 Å². The van der Waals surface area contributed by atoms with Gasteiger partial charge in [0.25, 0.3) is 0 Å². The first kappa shape index (κ1) is 17.0. The monoisotopic (exact) mass is 469 g/mol. The summed E-state index contributed by atoms with van der Waals surface area (Å²) in [4.78, 5) is 13.0. The number of imidazole rings is 1. The summed E-state index contributed by atoms with van der Waals surface area (Å²) in [5.74, 6) is 1.15. The van der Waals surface area contributed by atoms with Crippen LogP contribution < -0.4 is 5.32 Å². The lowest BCUT2D eigenvalue weighted by Crippen LogP contribution is -2.27. The molecule has 0 saturated carbocycles. The lowest BCUT2D eigenvalue weighted by atomic mass is 10.2. The van der Waals surface area contributed by atoms with Crippen molar-refractivity contribution in [3.05, 3.63) is 46.1 Å². The van der Waals surface area contributed by atoms with Crippen LogP contribution in [0.4, 0.5) is 5.82 Å². The van der Waals surface area contributed by atoms with Gasteiger partial charge in [-0.2, -0.15) is 0 Å². The second-order valence-corrected chi connectivity index (χ2v) is 8.21. The Morgan fingerprint density at radius 1 is 1.28 bits per heavy atom. The van der Waals surface area contributed by atoms with Crippen molar-refractivity contribution in [1.82, 2.24) is 19.5 Å². The Morgan fingerprint density at radius 3 is 2.92 bits per heavy atom. The molecule has 1 saturated heterocycles. The molecule has 2 aromatic heterocycles. The molecule has 1 aromatic carbocycles. The number of benzene rings is 1. The highest BCUT2D eigenvalue weighted by Crippen LogP contribution is 2.38. The quantitative estimate of drug-likeness (QED) is 0.504. The fourth-order valence-corrected chi connectivity index (χ4v) is 4.72. The number of nitrogens with zero attached hydrogens (tertiary/aromatic N) is 4. The molecular formula is C16H16IN5O2S. The van der Waals surface area contributed by atoms with E-state index in [9.17, 15) is 10.2 Å². The van der Waals surface area contributed by atoms with Crippen LogP contribution in [0.1, 0.15) is 10.9 Å². The average Bonchev–Trinajstić information content (AvgIpc) is 3.17. The van der Waals surface area contributed by atoms with Crippen LogP contribution in [0.2, 0.25) is 0 Å². The molecule has 3 aromatic rings. The first-order valence-electron chi connectivity index (χ1n) is 7.77. The Hall–Kier alpha value is -1.43. The highest BCUT2D eigenvalue weighted by Gasteiger charge is 2.36. The van der Waals surface area contributed by atoms with Gasteiger partial charge in [0.1, 0.15) is 23.3 Å². The normalized spacial score (nSPS) is 23.2. The zero-order valence-electron chi connectivity index (χ0n) is 13.1. The Balaban J connectivity index is 1.61.